The van der Waals surface area contributed by atoms with Crippen LogP contribution in [0.4, 0.5) is 0 Å². The lowest BCUT2D eigenvalue weighted by Crippen LogP contribution is -2.35. The Labute approximate surface area is 203 Å². The van der Waals surface area contributed by atoms with E-state index in [1.807, 2.05) is 13.1 Å². The summed E-state index contributed by atoms with van der Waals surface area (Å²) in [4.78, 5) is 26.4. The minimum atomic E-state index is -0.339. The number of hydrogen-bond donors (Lipinski definition) is 1. The number of nitrogens with zero attached hydrogens (tertiary/aromatic N) is 5. The number of carbonyl (C=O) groups excluding carboxylic acids is 1. The van der Waals surface area contributed by atoms with Crippen molar-refractivity contribution in [3.63, 3.8) is 0 Å². The summed E-state index contributed by atoms with van der Waals surface area (Å²) in [6.45, 7) is 2.65. The van der Waals surface area contributed by atoms with Gasteiger partial charge in [-0.25, -0.2) is 9.97 Å². The van der Waals surface area contributed by atoms with E-state index in [9.17, 15) is 4.79 Å². The van der Waals surface area contributed by atoms with Gasteiger partial charge in [0.25, 0.3) is 5.91 Å². The molecule has 2 aromatic heterocycles. The number of hydrogen-bond acceptors (Lipinski definition) is 6. The van der Waals surface area contributed by atoms with Gasteiger partial charge in [0.2, 0.25) is 0 Å². The van der Waals surface area contributed by atoms with Gasteiger partial charge in [-0.1, -0.05) is 42.5 Å². The zero-order valence-corrected chi connectivity index (χ0v) is 19.4. The van der Waals surface area contributed by atoms with Crippen molar-refractivity contribution >= 4 is 12.1 Å². The second-order valence-electron chi connectivity index (χ2n) is 9.07. The number of carbonyl (C=O) groups is 1. The Bertz CT molecular complexity index is 1440. The predicted molar refractivity (Wildman–Crippen MR) is 134 cm³/mol. The minimum absolute atomic E-state index is 0.161. The quantitative estimate of drug-likeness (QED) is 0.479. The number of aryl methyl sites for hydroxylation is 1. The minimum Gasteiger partial charge on any atom is -0.342 e. The first-order valence-electron chi connectivity index (χ1n) is 11.8. The molecule has 1 aliphatic heterocycles. The number of benzene rings is 2. The fourth-order valence-electron chi connectivity index (χ4n) is 4.71. The number of nitrogens with one attached hydrogen (secondary N) is 1. The number of aliphatic imine (C=N–C) groups is 1. The standard InChI is InChI=1S/C28H24N6O/c1-18-24(17-30-26(32-18)25-6-3-14-31-34-25)27(35)33-28(12-13-28)21-9-7-19(8-10-21)22-5-2-4-20-16-29-15-11-23(20)22/h2-10,14,16-17H,11-13,15H2,1H3,(H,33,35). The van der Waals surface area contributed by atoms with E-state index in [-0.39, 0.29) is 11.4 Å². The van der Waals surface area contributed by atoms with Gasteiger partial charge in [-0.3, -0.25) is 9.79 Å². The Morgan fingerprint density at radius 2 is 1.89 bits per heavy atom. The molecule has 7 nitrogen and oxygen atoms in total. The van der Waals surface area contributed by atoms with Gasteiger partial charge in [-0.15, -0.1) is 5.10 Å². The largest absolute Gasteiger partial charge is 0.342 e. The average Bonchev–Trinajstić information content (AvgIpc) is 3.69. The number of fused-ring (bicyclic) bond motifs is 1. The summed E-state index contributed by atoms with van der Waals surface area (Å²) in [6, 6.07) is 18.6. The van der Waals surface area contributed by atoms with Crippen LogP contribution in [0.5, 0.6) is 0 Å². The zero-order valence-electron chi connectivity index (χ0n) is 19.4. The first-order valence-corrected chi connectivity index (χ1v) is 11.8. The van der Waals surface area contributed by atoms with E-state index in [1.165, 1.54) is 22.3 Å². The topological polar surface area (TPSA) is 93.0 Å². The van der Waals surface area contributed by atoms with Crippen LogP contribution in [0.3, 0.4) is 0 Å². The highest BCUT2D eigenvalue weighted by Gasteiger charge is 2.46. The second kappa shape index (κ2) is 8.51. The maximum Gasteiger partial charge on any atom is 0.255 e. The monoisotopic (exact) mass is 460 g/mol. The van der Waals surface area contributed by atoms with E-state index in [4.69, 9.17) is 0 Å². The van der Waals surface area contributed by atoms with Crippen LogP contribution in [0, 0.1) is 6.92 Å². The van der Waals surface area contributed by atoms with Gasteiger partial charge < -0.3 is 5.32 Å². The summed E-state index contributed by atoms with van der Waals surface area (Å²) < 4.78 is 0. The molecule has 1 saturated carbocycles. The maximum atomic E-state index is 13.2. The highest BCUT2D eigenvalue weighted by molar-refractivity contribution is 5.96. The summed E-state index contributed by atoms with van der Waals surface area (Å²) in [5, 5.41) is 11.2. The Morgan fingerprint density at radius 1 is 1.03 bits per heavy atom. The summed E-state index contributed by atoms with van der Waals surface area (Å²) in [7, 11) is 0. The van der Waals surface area contributed by atoms with Gasteiger partial charge >= 0.3 is 0 Å². The van der Waals surface area contributed by atoms with E-state index < -0.39 is 0 Å². The smallest absolute Gasteiger partial charge is 0.255 e. The molecular weight excluding hydrogens is 436 g/mol. The molecule has 0 bridgehead atoms. The Morgan fingerprint density at radius 3 is 2.63 bits per heavy atom. The molecule has 0 atom stereocenters. The summed E-state index contributed by atoms with van der Waals surface area (Å²) in [5.41, 5.74) is 7.44. The van der Waals surface area contributed by atoms with E-state index in [0.29, 0.717) is 22.8 Å². The summed E-state index contributed by atoms with van der Waals surface area (Å²) >= 11 is 0. The third-order valence-corrected chi connectivity index (χ3v) is 6.81. The van der Waals surface area contributed by atoms with Gasteiger partial charge in [0, 0.05) is 25.2 Å². The Balaban J connectivity index is 1.22. The van der Waals surface area contributed by atoms with Crippen LogP contribution in [0.25, 0.3) is 22.6 Å². The van der Waals surface area contributed by atoms with Gasteiger partial charge in [0.05, 0.1) is 16.8 Å². The first-order chi connectivity index (χ1) is 17.1. The summed E-state index contributed by atoms with van der Waals surface area (Å²) in [5.74, 6) is 0.296. The fourth-order valence-corrected chi connectivity index (χ4v) is 4.71. The normalized spacial score (nSPS) is 15.3. The van der Waals surface area contributed by atoms with Crippen molar-refractivity contribution < 1.29 is 4.79 Å². The maximum absolute atomic E-state index is 13.2. The Hall–Kier alpha value is -4.26. The van der Waals surface area contributed by atoms with Gasteiger partial charge in [0.15, 0.2) is 5.82 Å². The molecule has 0 radical (unpaired) electrons. The molecule has 0 spiro atoms. The first kappa shape index (κ1) is 21.3. The number of aromatic nitrogens is 4. The predicted octanol–water partition coefficient (Wildman–Crippen LogP) is 4.30. The molecule has 1 amide bonds. The molecule has 2 aliphatic rings. The lowest BCUT2D eigenvalue weighted by molar-refractivity contribution is 0.0929. The molecule has 2 aromatic carbocycles. The molecule has 35 heavy (non-hydrogen) atoms. The van der Waals surface area contributed by atoms with Crippen molar-refractivity contribution in [3.05, 3.63) is 94.9 Å². The SMILES string of the molecule is Cc1nc(-c2cccnn2)ncc1C(=O)NC1(c2ccc(-c3cccc4c3CCN=C4)cc2)CC1. The van der Waals surface area contributed by atoms with Gasteiger partial charge in [-0.2, -0.15) is 5.10 Å². The van der Waals surface area contributed by atoms with Crippen molar-refractivity contribution in [1.29, 1.82) is 0 Å². The van der Waals surface area contributed by atoms with Crippen LogP contribution in [-0.4, -0.2) is 38.8 Å². The molecule has 6 rings (SSSR count). The molecule has 3 heterocycles. The highest BCUT2D eigenvalue weighted by atomic mass is 16.1. The van der Waals surface area contributed by atoms with Crippen LogP contribution in [0.15, 0.2) is 72.0 Å². The molecule has 0 saturated heterocycles. The average molecular weight is 461 g/mol. The van der Waals surface area contributed by atoms with Crippen molar-refractivity contribution in [2.45, 2.75) is 31.7 Å². The highest BCUT2D eigenvalue weighted by Crippen LogP contribution is 2.46. The molecule has 1 aliphatic carbocycles. The van der Waals surface area contributed by atoms with Crippen molar-refractivity contribution in [2.24, 2.45) is 4.99 Å². The third-order valence-electron chi connectivity index (χ3n) is 6.81. The van der Waals surface area contributed by atoms with E-state index in [2.05, 4.69) is 72.9 Å². The molecule has 4 aromatic rings. The van der Waals surface area contributed by atoms with E-state index in [0.717, 1.165) is 31.4 Å². The van der Waals surface area contributed by atoms with E-state index in [1.54, 1.807) is 24.5 Å². The zero-order chi connectivity index (χ0) is 23.8. The van der Waals surface area contributed by atoms with Crippen LogP contribution in [-0.2, 0) is 12.0 Å². The van der Waals surface area contributed by atoms with Gasteiger partial charge in [0.1, 0.15) is 5.69 Å². The molecule has 7 heteroatoms. The number of amides is 1. The van der Waals surface area contributed by atoms with Crippen LogP contribution in [0.2, 0.25) is 0 Å². The van der Waals surface area contributed by atoms with Crippen LogP contribution >= 0.6 is 0 Å². The molecular formula is C28H24N6O. The van der Waals surface area contributed by atoms with Crippen molar-refractivity contribution in [1.82, 2.24) is 25.5 Å². The molecule has 1 N–H and O–H groups in total. The van der Waals surface area contributed by atoms with Gasteiger partial charge in [-0.05, 0) is 66.1 Å². The Kier molecular flexibility index (Phi) is 5.17. The number of rotatable bonds is 5. The molecule has 172 valence electrons. The second-order valence-corrected chi connectivity index (χ2v) is 9.07. The lowest BCUT2D eigenvalue weighted by Gasteiger charge is -2.20. The third kappa shape index (κ3) is 3.99. The van der Waals surface area contributed by atoms with Crippen LogP contribution in [0.1, 0.15) is 45.6 Å². The van der Waals surface area contributed by atoms with Crippen molar-refractivity contribution in [2.75, 3.05) is 6.54 Å². The lowest BCUT2D eigenvalue weighted by atomic mass is 9.91. The van der Waals surface area contributed by atoms with Crippen LogP contribution < -0.4 is 5.32 Å². The fraction of sp³-hybridized carbons (Fsp3) is 0.214. The molecule has 0 unspecified atom stereocenters. The summed E-state index contributed by atoms with van der Waals surface area (Å²) in [6.07, 6.45) is 7.92. The van der Waals surface area contributed by atoms with E-state index >= 15 is 0 Å². The van der Waals surface area contributed by atoms with Crippen molar-refractivity contribution in [3.8, 4) is 22.6 Å². The molecule has 1 fully saturated rings.